The summed E-state index contributed by atoms with van der Waals surface area (Å²) in [7, 11) is -3.31. The lowest BCUT2D eigenvalue weighted by Crippen LogP contribution is -2.65. The van der Waals surface area contributed by atoms with Crippen molar-refractivity contribution >= 4 is 16.1 Å². The molecule has 27 heavy (non-hydrogen) atoms. The number of piperidine rings is 3. The second kappa shape index (κ2) is 7.77. The van der Waals surface area contributed by atoms with Gasteiger partial charge in [-0.1, -0.05) is 30.3 Å². The minimum Gasteiger partial charge on any atom is -0.335 e. The summed E-state index contributed by atoms with van der Waals surface area (Å²) in [4.78, 5) is 14.6. The van der Waals surface area contributed by atoms with Gasteiger partial charge in [0.15, 0.2) is 0 Å². The molecule has 2 N–H and O–H groups in total. The van der Waals surface area contributed by atoms with Crippen LogP contribution in [-0.2, 0) is 15.8 Å². The Bertz CT molecular complexity index is 754. The number of sulfonamides is 1. The van der Waals surface area contributed by atoms with Gasteiger partial charge in [0.2, 0.25) is 10.0 Å². The molecule has 7 nitrogen and oxygen atoms in total. The van der Waals surface area contributed by atoms with Gasteiger partial charge in [-0.05, 0) is 31.2 Å². The van der Waals surface area contributed by atoms with E-state index in [2.05, 4.69) is 10.6 Å². The van der Waals surface area contributed by atoms with E-state index in [1.165, 1.54) is 0 Å². The summed E-state index contributed by atoms with van der Waals surface area (Å²) >= 11 is 0. The molecule has 1 aromatic carbocycles. The number of hydrogen-bond acceptors (Lipinski definition) is 4. The van der Waals surface area contributed by atoms with Crippen LogP contribution in [0.15, 0.2) is 30.3 Å². The van der Waals surface area contributed by atoms with E-state index in [0.717, 1.165) is 31.5 Å². The predicted octanol–water partition coefficient (Wildman–Crippen LogP) is 1.13. The van der Waals surface area contributed by atoms with Crippen LogP contribution in [0.4, 0.5) is 4.79 Å². The summed E-state index contributed by atoms with van der Waals surface area (Å²) < 4.78 is 26.8. The molecule has 0 spiro atoms. The fraction of sp³-hybridized carbons (Fsp3) is 0.632. The third-order valence-electron chi connectivity index (χ3n) is 5.98. The fourth-order valence-corrected chi connectivity index (χ4v) is 5.93. The number of hydrogen-bond donors (Lipinski definition) is 2. The number of nitrogens with zero attached hydrogens (tertiary/aromatic N) is 2. The molecular formula is C19H28N4O3S. The van der Waals surface area contributed by atoms with Crippen molar-refractivity contribution in [3.8, 4) is 0 Å². The second-order valence-electron chi connectivity index (χ2n) is 7.85. The first kappa shape index (κ1) is 18.7. The van der Waals surface area contributed by atoms with Gasteiger partial charge in [-0.25, -0.2) is 17.5 Å². The van der Waals surface area contributed by atoms with Crippen molar-refractivity contribution in [3.63, 3.8) is 0 Å². The Hall–Kier alpha value is -1.64. The molecule has 148 valence electrons. The number of rotatable bonds is 4. The number of carbonyl (C=O) groups excluding carboxylic acids is 1. The number of urea groups is 1. The zero-order valence-electron chi connectivity index (χ0n) is 15.5. The molecule has 0 aliphatic carbocycles. The highest BCUT2D eigenvalue weighted by atomic mass is 32.2. The standard InChI is InChI=1S/C19H28N4O3S/c24-19(23-13-17-6-7-18(23)12-20-17)21-16-8-10-22(11-9-16)27(25,26)14-15-4-2-1-3-5-15/h1-5,16-18,20H,6-14H2,(H,21,24). The predicted molar refractivity (Wildman–Crippen MR) is 104 cm³/mol. The maximum absolute atomic E-state index is 12.6. The molecule has 0 aromatic heterocycles. The SMILES string of the molecule is O=C(NC1CCN(S(=O)(=O)Cc2ccccc2)CC1)N1CC2CCC1CN2. The summed E-state index contributed by atoms with van der Waals surface area (Å²) in [5, 5.41) is 6.59. The van der Waals surface area contributed by atoms with Gasteiger partial charge in [0, 0.05) is 44.3 Å². The lowest BCUT2D eigenvalue weighted by atomic mass is 9.93. The van der Waals surface area contributed by atoms with Gasteiger partial charge in [-0.2, -0.15) is 0 Å². The van der Waals surface area contributed by atoms with Crippen LogP contribution < -0.4 is 10.6 Å². The van der Waals surface area contributed by atoms with Gasteiger partial charge in [-0.15, -0.1) is 0 Å². The summed E-state index contributed by atoms with van der Waals surface area (Å²) in [6.45, 7) is 2.59. The van der Waals surface area contributed by atoms with Crippen LogP contribution in [0.25, 0.3) is 0 Å². The number of benzene rings is 1. The number of carbonyl (C=O) groups is 1. The first-order valence-electron chi connectivity index (χ1n) is 9.83. The molecule has 8 heteroatoms. The molecule has 4 saturated heterocycles. The largest absolute Gasteiger partial charge is 0.335 e. The monoisotopic (exact) mass is 392 g/mol. The number of piperazine rings is 1. The molecule has 5 rings (SSSR count). The Labute approximate surface area is 161 Å². The van der Waals surface area contributed by atoms with E-state index in [-0.39, 0.29) is 17.8 Å². The summed E-state index contributed by atoms with van der Waals surface area (Å²) in [6.07, 6.45) is 3.55. The lowest BCUT2D eigenvalue weighted by Gasteiger charge is -2.46. The topological polar surface area (TPSA) is 81.8 Å². The van der Waals surface area contributed by atoms with Crippen molar-refractivity contribution in [2.45, 2.75) is 49.6 Å². The van der Waals surface area contributed by atoms with Crippen LogP contribution in [0, 0.1) is 0 Å². The highest BCUT2D eigenvalue weighted by molar-refractivity contribution is 7.88. The number of nitrogens with one attached hydrogen (secondary N) is 2. The van der Waals surface area contributed by atoms with Crippen LogP contribution in [0.3, 0.4) is 0 Å². The van der Waals surface area contributed by atoms with Crippen molar-refractivity contribution < 1.29 is 13.2 Å². The van der Waals surface area contributed by atoms with Crippen molar-refractivity contribution in [3.05, 3.63) is 35.9 Å². The van der Waals surface area contributed by atoms with Gasteiger partial charge in [-0.3, -0.25) is 0 Å². The van der Waals surface area contributed by atoms with Crippen LogP contribution in [0.2, 0.25) is 0 Å². The Morgan fingerprint density at radius 1 is 1.11 bits per heavy atom. The lowest BCUT2D eigenvalue weighted by molar-refractivity contribution is 0.0944. The maximum atomic E-state index is 12.6. The molecule has 4 aliphatic heterocycles. The molecule has 2 atom stereocenters. The number of amides is 2. The Kier molecular flexibility index (Phi) is 5.39. The molecule has 2 bridgehead atoms. The minimum absolute atomic E-state index is 0.0109. The van der Waals surface area contributed by atoms with Crippen LogP contribution in [0.5, 0.6) is 0 Å². The Morgan fingerprint density at radius 2 is 1.85 bits per heavy atom. The normalized spacial score (nSPS) is 26.9. The van der Waals surface area contributed by atoms with E-state index in [0.29, 0.717) is 38.0 Å². The quantitative estimate of drug-likeness (QED) is 0.805. The molecule has 0 radical (unpaired) electrons. The molecule has 1 aromatic rings. The van der Waals surface area contributed by atoms with E-state index < -0.39 is 10.0 Å². The van der Waals surface area contributed by atoms with Crippen LogP contribution >= 0.6 is 0 Å². The molecule has 2 amide bonds. The highest BCUT2D eigenvalue weighted by Crippen LogP contribution is 2.23. The molecule has 4 heterocycles. The fourth-order valence-electron chi connectivity index (χ4n) is 4.37. The Balaban J connectivity index is 1.28. The zero-order chi connectivity index (χ0) is 18.9. The number of fused-ring (bicyclic) bond motifs is 3. The third kappa shape index (κ3) is 4.28. The maximum Gasteiger partial charge on any atom is 0.317 e. The Morgan fingerprint density at radius 3 is 2.44 bits per heavy atom. The molecule has 4 fully saturated rings. The summed E-state index contributed by atoms with van der Waals surface area (Å²) in [5.74, 6) is 0.0364. The average Bonchev–Trinajstić information content (AvgIpc) is 2.69. The third-order valence-corrected chi connectivity index (χ3v) is 7.83. The smallest absolute Gasteiger partial charge is 0.317 e. The van der Waals surface area contributed by atoms with Crippen LogP contribution in [-0.4, -0.2) is 68.0 Å². The van der Waals surface area contributed by atoms with E-state index >= 15 is 0 Å². The van der Waals surface area contributed by atoms with Gasteiger partial charge < -0.3 is 15.5 Å². The molecule has 0 saturated carbocycles. The van der Waals surface area contributed by atoms with Crippen molar-refractivity contribution in [1.82, 2.24) is 19.8 Å². The van der Waals surface area contributed by atoms with Crippen molar-refractivity contribution in [2.24, 2.45) is 0 Å². The summed E-state index contributed by atoms with van der Waals surface area (Å²) in [6, 6.07) is 10.1. The van der Waals surface area contributed by atoms with Crippen molar-refractivity contribution in [2.75, 3.05) is 26.2 Å². The average molecular weight is 393 g/mol. The van der Waals surface area contributed by atoms with Gasteiger partial charge >= 0.3 is 6.03 Å². The molecular weight excluding hydrogens is 364 g/mol. The van der Waals surface area contributed by atoms with Crippen molar-refractivity contribution in [1.29, 1.82) is 0 Å². The highest BCUT2D eigenvalue weighted by Gasteiger charge is 2.37. The van der Waals surface area contributed by atoms with Gasteiger partial charge in [0.1, 0.15) is 0 Å². The molecule has 4 aliphatic rings. The zero-order valence-corrected chi connectivity index (χ0v) is 16.3. The van der Waals surface area contributed by atoms with Crippen LogP contribution in [0.1, 0.15) is 31.2 Å². The first-order chi connectivity index (χ1) is 13.0. The van der Waals surface area contributed by atoms with E-state index in [4.69, 9.17) is 0 Å². The first-order valence-corrected chi connectivity index (χ1v) is 11.4. The van der Waals surface area contributed by atoms with E-state index in [1.54, 1.807) is 4.31 Å². The van der Waals surface area contributed by atoms with E-state index in [9.17, 15) is 13.2 Å². The van der Waals surface area contributed by atoms with E-state index in [1.807, 2.05) is 35.2 Å². The summed E-state index contributed by atoms with van der Waals surface area (Å²) in [5.41, 5.74) is 0.807. The minimum atomic E-state index is -3.31. The van der Waals surface area contributed by atoms with Gasteiger partial charge in [0.25, 0.3) is 0 Å². The van der Waals surface area contributed by atoms with Gasteiger partial charge in [0.05, 0.1) is 5.75 Å². The molecule has 2 unspecified atom stereocenters. The second-order valence-corrected chi connectivity index (χ2v) is 9.82.